The zero-order chi connectivity index (χ0) is 16.5. The molecule has 0 saturated carbocycles. The number of hydrogen-bond donors (Lipinski definition) is 1. The number of aromatic nitrogens is 5. The Morgan fingerprint density at radius 2 is 2.12 bits per heavy atom. The quantitative estimate of drug-likeness (QED) is 0.548. The first-order chi connectivity index (χ1) is 11.7. The fourth-order valence-electron chi connectivity index (χ4n) is 2.39. The van der Waals surface area contributed by atoms with Crippen molar-refractivity contribution >= 4 is 22.7 Å². The van der Waals surface area contributed by atoms with Crippen molar-refractivity contribution in [1.82, 2.24) is 25.3 Å². The van der Waals surface area contributed by atoms with Crippen molar-refractivity contribution in [3.63, 3.8) is 0 Å². The molecule has 0 bridgehead atoms. The number of nitrogens with zero attached hydrogens (tertiary/aromatic N) is 4. The molecule has 0 fully saturated rings. The number of aryl methyl sites for hydroxylation is 1. The van der Waals surface area contributed by atoms with E-state index in [1.165, 1.54) is 11.8 Å². The second-order valence-corrected chi connectivity index (χ2v) is 6.58. The standard InChI is InChI=1S/C16H15N5O2S/c1-3-13-18-14(23-21-13)9(2)24-16-20-19-15(22-16)11-8-17-12-7-5-4-6-10(11)12/h4-9,17H,3H2,1-2H3. The molecule has 1 atom stereocenters. The van der Waals surface area contributed by atoms with E-state index >= 15 is 0 Å². The number of hydrogen-bond acceptors (Lipinski definition) is 7. The lowest BCUT2D eigenvalue weighted by Gasteiger charge is -2.00. The molecule has 0 amide bonds. The van der Waals surface area contributed by atoms with E-state index in [2.05, 4.69) is 25.3 Å². The van der Waals surface area contributed by atoms with Gasteiger partial charge in [-0.05, 0) is 13.0 Å². The van der Waals surface area contributed by atoms with Crippen LogP contribution in [0.4, 0.5) is 0 Å². The lowest BCUT2D eigenvalue weighted by Crippen LogP contribution is -1.90. The highest BCUT2D eigenvalue weighted by Gasteiger charge is 2.20. The summed E-state index contributed by atoms with van der Waals surface area (Å²) in [5.74, 6) is 1.74. The summed E-state index contributed by atoms with van der Waals surface area (Å²) in [6.45, 7) is 3.95. The highest BCUT2D eigenvalue weighted by atomic mass is 32.2. The number of fused-ring (bicyclic) bond motifs is 1. The van der Waals surface area contributed by atoms with Gasteiger partial charge in [0.25, 0.3) is 11.1 Å². The van der Waals surface area contributed by atoms with E-state index in [0.29, 0.717) is 22.8 Å². The zero-order valence-electron chi connectivity index (χ0n) is 13.2. The molecule has 0 aliphatic heterocycles. The molecule has 1 unspecified atom stereocenters. The third-order valence-electron chi connectivity index (χ3n) is 3.65. The number of thioether (sulfide) groups is 1. The fraction of sp³-hybridized carbons (Fsp3) is 0.250. The molecular formula is C16H15N5O2S. The van der Waals surface area contributed by atoms with Gasteiger partial charge in [0.05, 0.1) is 10.8 Å². The van der Waals surface area contributed by atoms with Gasteiger partial charge in [0.2, 0.25) is 5.89 Å². The van der Waals surface area contributed by atoms with Crippen molar-refractivity contribution in [2.45, 2.75) is 30.7 Å². The summed E-state index contributed by atoms with van der Waals surface area (Å²) in [5.41, 5.74) is 1.93. The van der Waals surface area contributed by atoms with Crippen molar-refractivity contribution < 1.29 is 8.94 Å². The lowest BCUT2D eigenvalue weighted by molar-refractivity contribution is 0.374. The average molecular weight is 341 g/mol. The summed E-state index contributed by atoms with van der Waals surface area (Å²) in [6, 6.07) is 7.99. The number of rotatable bonds is 5. The van der Waals surface area contributed by atoms with Crippen molar-refractivity contribution in [3.05, 3.63) is 42.2 Å². The molecule has 4 aromatic rings. The van der Waals surface area contributed by atoms with Crippen LogP contribution in [0.3, 0.4) is 0 Å². The average Bonchev–Trinajstić information content (AvgIpc) is 3.33. The van der Waals surface area contributed by atoms with Gasteiger partial charge in [-0.2, -0.15) is 4.98 Å². The van der Waals surface area contributed by atoms with Crippen molar-refractivity contribution in [2.24, 2.45) is 0 Å². The van der Waals surface area contributed by atoms with E-state index in [-0.39, 0.29) is 5.25 Å². The maximum absolute atomic E-state index is 5.79. The van der Waals surface area contributed by atoms with Crippen molar-refractivity contribution in [3.8, 4) is 11.5 Å². The van der Waals surface area contributed by atoms with E-state index in [4.69, 9.17) is 8.94 Å². The SMILES string of the molecule is CCc1noc(C(C)Sc2nnc(-c3c[nH]c4ccccc34)o2)n1. The van der Waals surface area contributed by atoms with Crippen LogP contribution in [0.25, 0.3) is 22.4 Å². The van der Waals surface area contributed by atoms with Crippen molar-refractivity contribution in [2.75, 3.05) is 0 Å². The number of benzene rings is 1. The number of H-pyrrole nitrogens is 1. The number of nitrogens with one attached hydrogen (secondary N) is 1. The molecule has 0 aliphatic rings. The van der Waals surface area contributed by atoms with Gasteiger partial charge < -0.3 is 13.9 Å². The molecule has 3 aromatic heterocycles. The van der Waals surface area contributed by atoms with Crippen LogP contribution in [0.1, 0.15) is 30.8 Å². The van der Waals surface area contributed by atoms with E-state index in [1.807, 2.05) is 44.3 Å². The molecule has 8 heteroatoms. The zero-order valence-corrected chi connectivity index (χ0v) is 14.0. The van der Waals surface area contributed by atoms with Crippen LogP contribution in [0.2, 0.25) is 0 Å². The van der Waals surface area contributed by atoms with Crippen LogP contribution in [-0.4, -0.2) is 25.3 Å². The van der Waals surface area contributed by atoms with Crippen LogP contribution < -0.4 is 0 Å². The summed E-state index contributed by atoms with van der Waals surface area (Å²) in [7, 11) is 0. The minimum absolute atomic E-state index is 0.0610. The van der Waals surface area contributed by atoms with Gasteiger partial charge in [0.1, 0.15) is 0 Å². The second-order valence-electron chi connectivity index (χ2n) is 5.28. The Morgan fingerprint density at radius 1 is 1.25 bits per heavy atom. The predicted molar refractivity (Wildman–Crippen MR) is 89.5 cm³/mol. The normalized spacial score (nSPS) is 12.8. The van der Waals surface area contributed by atoms with Crippen LogP contribution >= 0.6 is 11.8 Å². The Bertz CT molecular complexity index is 974. The fourth-order valence-corrected chi connectivity index (χ4v) is 3.11. The molecule has 3 heterocycles. The summed E-state index contributed by atoms with van der Waals surface area (Å²) >= 11 is 1.40. The second kappa shape index (κ2) is 6.12. The molecule has 24 heavy (non-hydrogen) atoms. The van der Waals surface area contributed by atoms with E-state index < -0.39 is 0 Å². The minimum Gasteiger partial charge on any atom is -0.411 e. The molecular weight excluding hydrogens is 326 g/mol. The molecule has 1 N–H and O–H groups in total. The maximum atomic E-state index is 5.79. The van der Waals surface area contributed by atoms with Crippen molar-refractivity contribution in [1.29, 1.82) is 0 Å². The Morgan fingerprint density at radius 3 is 2.96 bits per heavy atom. The van der Waals surface area contributed by atoms with Gasteiger partial charge in [-0.3, -0.25) is 0 Å². The van der Waals surface area contributed by atoms with Gasteiger partial charge in [-0.1, -0.05) is 42.0 Å². The first-order valence-electron chi connectivity index (χ1n) is 7.63. The highest BCUT2D eigenvalue weighted by Crippen LogP contribution is 2.35. The monoisotopic (exact) mass is 341 g/mol. The lowest BCUT2D eigenvalue weighted by atomic mass is 10.2. The van der Waals surface area contributed by atoms with Crippen LogP contribution in [0.15, 0.2) is 44.6 Å². The molecule has 1 aromatic carbocycles. The Labute approximate surface area is 141 Å². The van der Waals surface area contributed by atoms with Crippen LogP contribution in [0.5, 0.6) is 0 Å². The highest BCUT2D eigenvalue weighted by molar-refractivity contribution is 7.99. The van der Waals surface area contributed by atoms with Crippen LogP contribution in [0, 0.1) is 0 Å². The Kier molecular flexibility index (Phi) is 3.81. The van der Waals surface area contributed by atoms with Gasteiger partial charge in [-0.15, -0.1) is 10.2 Å². The molecule has 0 saturated heterocycles. The van der Waals surface area contributed by atoms with E-state index in [9.17, 15) is 0 Å². The van der Waals surface area contributed by atoms with Gasteiger partial charge in [0, 0.05) is 23.5 Å². The van der Waals surface area contributed by atoms with E-state index in [1.54, 1.807) is 0 Å². The van der Waals surface area contributed by atoms with Gasteiger partial charge in [0.15, 0.2) is 5.82 Å². The number of para-hydroxylation sites is 1. The van der Waals surface area contributed by atoms with Crippen LogP contribution in [-0.2, 0) is 6.42 Å². The molecule has 0 radical (unpaired) electrons. The summed E-state index contributed by atoms with van der Waals surface area (Å²) in [6.07, 6.45) is 2.62. The third kappa shape index (κ3) is 2.69. The smallest absolute Gasteiger partial charge is 0.277 e. The summed E-state index contributed by atoms with van der Waals surface area (Å²) < 4.78 is 11.0. The maximum Gasteiger partial charge on any atom is 0.277 e. The topological polar surface area (TPSA) is 93.6 Å². The largest absolute Gasteiger partial charge is 0.411 e. The van der Waals surface area contributed by atoms with Gasteiger partial charge >= 0.3 is 0 Å². The van der Waals surface area contributed by atoms with E-state index in [0.717, 1.165) is 22.9 Å². The first kappa shape index (κ1) is 14.9. The molecule has 122 valence electrons. The molecule has 7 nitrogen and oxygen atoms in total. The predicted octanol–water partition coefficient (Wildman–Crippen LogP) is 4.02. The molecule has 0 aliphatic carbocycles. The first-order valence-corrected chi connectivity index (χ1v) is 8.51. The molecule has 4 rings (SSSR count). The summed E-state index contributed by atoms with van der Waals surface area (Å²) in [5, 5.41) is 13.6. The Hall–Kier alpha value is -2.61. The minimum atomic E-state index is -0.0610. The number of aromatic amines is 1. The Balaban J connectivity index is 1.56. The third-order valence-corrected chi connectivity index (χ3v) is 4.57. The molecule has 0 spiro atoms. The van der Waals surface area contributed by atoms with Gasteiger partial charge in [-0.25, -0.2) is 0 Å². The summed E-state index contributed by atoms with van der Waals surface area (Å²) in [4.78, 5) is 7.53.